The van der Waals surface area contributed by atoms with Crippen LogP contribution >= 0.6 is 0 Å². The molecule has 3 rings (SSSR count). The lowest BCUT2D eigenvalue weighted by atomic mass is 9.97. The van der Waals surface area contributed by atoms with Crippen LogP contribution in [0, 0.1) is 11.7 Å². The summed E-state index contributed by atoms with van der Waals surface area (Å²) in [6.45, 7) is 2.82. The summed E-state index contributed by atoms with van der Waals surface area (Å²) in [4.78, 5) is 15.1. The number of carbonyl (C=O) groups is 1. The van der Waals surface area contributed by atoms with E-state index in [0.717, 1.165) is 42.8 Å². The zero-order chi connectivity index (χ0) is 19.1. The second-order valence-corrected chi connectivity index (χ2v) is 6.99. The summed E-state index contributed by atoms with van der Waals surface area (Å²) in [5.41, 5.74) is 2.02. The fourth-order valence-electron chi connectivity index (χ4n) is 3.54. The van der Waals surface area contributed by atoms with Gasteiger partial charge in [-0.2, -0.15) is 0 Å². The minimum absolute atomic E-state index is 0.0154. The molecule has 0 saturated carbocycles. The Morgan fingerprint density at radius 1 is 1.22 bits per heavy atom. The molecule has 2 aromatic carbocycles. The molecule has 5 heteroatoms. The van der Waals surface area contributed by atoms with Crippen LogP contribution in [0.1, 0.15) is 24.0 Å². The summed E-state index contributed by atoms with van der Waals surface area (Å²) in [6.07, 6.45) is 2.64. The average molecular weight is 370 g/mol. The van der Waals surface area contributed by atoms with Gasteiger partial charge in [-0.15, -0.1) is 0 Å². The van der Waals surface area contributed by atoms with Crippen molar-refractivity contribution < 1.29 is 13.9 Å². The number of halogens is 1. The van der Waals surface area contributed by atoms with Crippen molar-refractivity contribution in [2.24, 2.45) is 5.92 Å². The second kappa shape index (κ2) is 9.51. The van der Waals surface area contributed by atoms with E-state index in [0.29, 0.717) is 19.5 Å². The van der Waals surface area contributed by atoms with Gasteiger partial charge in [-0.3, -0.25) is 4.79 Å². The normalized spacial score (nSPS) is 16.7. The highest BCUT2D eigenvalue weighted by Gasteiger charge is 2.26. The Kier molecular flexibility index (Phi) is 6.82. The van der Waals surface area contributed by atoms with Crippen LogP contribution in [-0.2, 0) is 17.8 Å². The molecule has 1 fully saturated rings. The first-order valence-electron chi connectivity index (χ1n) is 9.53. The largest absolute Gasteiger partial charge is 0.496 e. The highest BCUT2D eigenvalue weighted by Crippen LogP contribution is 2.22. The molecule has 0 aromatic heterocycles. The van der Waals surface area contributed by atoms with Gasteiger partial charge in [-0.05, 0) is 49.6 Å². The molecular weight excluding hydrogens is 343 g/mol. The monoisotopic (exact) mass is 370 g/mol. The van der Waals surface area contributed by atoms with Gasteiger partial charge in [0.1, 0.15) is 11.6 Å². The number of rotatable bonds is 7. The number of para-hydroxylation sites is 1. The lowest BCUT2D eigenvalue weighted by Gasteiger charge is -2.30. The topological polar surface area (TPSA) is 41.6 Å². The third kappa shape index (κ3) is 5.30. The number of piperidine rings is 1. The third-order valence-corrected chi connectivity index (χ3v) is 5.10. The molecule has 1 N–H and O–H groups in total. The van der Waals surface area contributed by atoms with E-state index in [-0.39, 0.29) is 17.6 Å². The van der Waals surface area contributed by atoms with Crippen molar-refractivity contribution in [3.05, 3.63) is 65.5 Å². The van der Waals surface area contributed by atoms with Crippen LogP contribution in [0.5, 0.6) is 5.75 Å². The van der Waals surface area contributed by atoms with E-state index in [9.17, 15) is 9.18 Å². The lowest BCUT2D eigenvalue weighted by Crippen LogP contribution is -2.43. The van der Waals surface area contributed by atoms with Gasteiger partial charge in [0.2, 0.25) is 5.91 Å². The molecule has 1 atom stereocenters. The Bertz CT molecular complexity index is 742. The molecule has 0 spiro atoms. The van der Waals surface area contributed by atoms with Crippen molar-refractivity contribution in [1.82, 2.24) is 10.2 Å². The summed E-state index contributed by atoms with van der Waals surface area (Å²) < 4.78 is 18.6. The molecule has 0 bridgehead atoms. The maximum Gasteiger partial charge on any atom is 0.227 e. The fourth-order valence-corrected chi connectivity index (χ4v) is 3.54. The van der Waals surface area contributed by atoms with Crippen LogP contribution in [0.2, 0.25) is 0 Å². The summed E-state index contributed by atoms with van der Waals surface area (Å²) in [6, 6.07) is 14.3. The molecular formula is C22H27FN2O2. The van der Waals surface area contributed by atoms with Gasteiger partial charge < -0.3 is 15.0 Å². The van der Waals surface area contributed by atoms with Gasteiger partial charge in [0.05, 0.1) is 13.0 Å². The maximum atomic E-state index is 13.2. The van der Waals surface area contributed by atoms with Crippen molar-refractivity contribution >= 4 is 5.91 Å². The van der Waals surface area contributed by atoms with Crippen LogP contribution < -0.4 is 10.1 Å². The number of hydrogen-bond donors (Lipinski definition) is 1. The van der Waals surface area contributed by atoms with Crippen LogP contribution in [0.4, 0.5) is 4.39 Å². The number of hydrogen-bond acceptors (Lipinski definition) is 3. The first-order chi connectivity index (χ1) is 13.2. The Hall–Kier alpha value is -2.40. The molecule has 144 valence electrons. The number of amides is 1. The van der Waals surface area contributed by atoms with E-state index in [4.69, 9.17) is 4.74 Å². The smallest absolute Gasteiger partial charge is 0.227 e. The molecule has 1 unspecified atom stereocenters. The first-order valence-corrected chi connectivity index (χ1v) is 9.53. The summed E-state index contributed by atoms with van der Waals surface area (Å²) in [7, 11) is 1.65. The van der Waals surface area contributed by atoms with Crippen molar-refractivity contribution in [2.45, 2.75) is 25.8 Å². The molecule has 4 nitrogen and oxygen atoms in total. The molecule has 1 heterocycles. The van der Waals surface area contributed by atoms with E-state index in [2.05, 4.69) is 5.32 Å². The van der Waals surface area contributed by atoms with Crippen molar-refractivity contribution in [2.75, 3.05) is 26.7 Å². The molecule has 1 saturated heterocycles. The fraction of sp³-hybridized carbons (Fsp3) is 0.409. The van der Waals surface area contributed by atoms with Gasteiger partial charge in [0, 0.05) is 25.2 Å². The number of carbonyl (C=O) groups excluding carboxylic acids is 1. The minimum atomic E-state index is -0.242. The lowest BCUT2D eigenvalue weighted by molar-refractivity contribution is -0.136. The molecule has 1 aliphatic rings. The molecule has 0 radical (unpaired) electrons. The number of ether oxygens (including phenoxy) is 1. The third-order valence-electron chi connectivity index (χ3n) is 5.10. The molecule has 1 amide bonds. The summed E-state index contributed by atoms with van der Waals surface area (Å²) in [5, 5.41) is 3.32. The predicted molar refractivity (Wildman–Crippen MR) is 104 cm³/mol. The molecule has 0 aliphatic carbocycles. The van der Waals surface area contributed by atoms with E-state index in [1.807, 2.05) is 29.2 Å². The van der Waals surface area contributed by atoms with Crippen LogP contribution in [-0.4, -0.2) is 37.6 Å². The van der Waals surface area contributed by atoms with E-state index in [1.54, 1.807) is 19.2 Å². The first kappa shape index (κ1) is 19.4. The van der Waals surface area contributed by atoms with Gasteiger partial charge >= 0.3 is 0 Å². The van der Waals surface area contributed by atoms with Crippen molar-refractivity contribution in [3.8, 4) is 5.75 Å². The quantitative estimate of drug-likeness (QED) is 0.812. The molecule has 1 aliphatic heterocycles. The zero-order valence-corrected chi connectivity index (χ0v) is 15.8. The van der Waals surface area contributed by atoms with E-state index >= 15 is 0 Å². The molecule has 27 heavy (non-hydrogen) atoms. The SMILES string of the molecule is COc1ccccc1CN(CCc1ccc(F)cc1)C(=O)C1CCCNC1. The number of nitrogens with one attached hydrogen (secondary N) is 1. The van der Waals surface area contributed by atoms with Crippen molar-refractivity contribution in [1.29, 1.82) is 0 Å². The van der Waals surface area contributed by atoms with Crippen LogP contribution in [0.25, 0.3) is 0 Å². The van der Waals surface area contributed by atoms with Gasteiger partial charge in [0.25, 0.3) is 0 Å². The average Bonchev–Trinajstić information content (AvgIpc) is 2.72. The Labute approximate surface area is 160 Å². The summed E-state index contributed by atoms with van der Waals surface area (Å²) in [5.74, 6) is 0.740. The maximum absolute atomic E-state index is 13.2. The highest BCUT2D eigenvalue weighted by atomic mass is 19.1. The minimum Gasteiger partial charge on any atom is -0.496 e. The van der Waals surface area contributed by atoms with E-state index in [1.165, 1.54) is 12.1 Å². The highest BCUT2D eigenvalue weighted by molar-refractivity contribution is 5.79. The van der Waals surface area contributed by atoms with Crippen molar-refractivity contribution in [3.63, 3.8) is 0 Å². The van der Waals surface area contributed by atoms with Crippen LogP contribution in [0.15, 0.2) is 48.5 Å². The molecule has 2 aromatic rings. The Morgan fingerprint density at radius 3 is 2.70 bits per heavy atom. The second-order valence-electron chi connectivity index (χ2n) is 6.99. The zero-order valence-electron chi connectivity index (χ0n) is 15.8. The van der Waals surface area contributed by atoms with E-state index < -0.39 is 0 Å². The Balaban J connectivity index is 1.74. The van der Waals surface area contributed by atoms with Gasteiger partial charge in [-0.1, -0.05) is 30.3 Å². The predicted octanol–water partition coefficient (Wildman–Crippen LogP) is 3.41. The summed E-state index contributed by atoms with van der Waals surface area (Å²) >= 11 is 0. The van der Waals surface area contributed by atoms with Gasteiger partial charge in [0.15, 0.2) is 0 Å². The number of methoxy groups -OCH3 is 1. The number of nitrogens with zero attached hydrogens (tertiary/aromatic N) is 1. The van der Waals surface area contributed by atoms with Gasteiger partial charge in [-0.25, -0.2) is 4.39 Å². The Morgan fingerprint density at radius 2 is 2.00 bits per heavy atom. The number of benzene rings is 2. The van der Waals surface area contributed by atoms with Crippen LogP contribution in [0.3, 0.4) is 0 Å². The standard InChI is InChI=1S/C22H27FN2O2/c1-27-21-7-3-2-5-19(21)16-25(22(26)18-6-4-13-24-15-18)14-12-17-8-10-20(23)11-9-17/h2-3,5,7-11,18,24H,4,6,12-16H2,1H3.